The van der Waals surface area contributed by atoms with Crippen molar-refractivity contribution in [2.24, 2.45) is 5.92 Å². The van der Waals surface area contributed by atoms with Gasteiger partial charge in [-0.25, -0.2) is 4.39 Å². The standard InChI is InChI=1S/C14H18ClFO/c15-12-7-6-10(13(16)9-12)8-11-4-2-1-3-5-14(11)17/h6-7,9,11,14,17H,1-5,8H2. The van der Waals surface area contributed by atoms with Crippen LogP contribution in [-0.2, 0) is 6.42 Å². The summed E-state index contributed by atoms with van der Waals surface area (Å²) >= 11 is 5.73. The van der Waals surface area contributed by atoms with E-state index in [1.165, 1.54) is 12.5 Å². The van der Waals surface area contributed by atoms with Crippen LogP contribution >= 0.6 is 11.6 Å². The molecule has 0 radical (unpaired) electrons. The molecule has 2 atom stereocenters. The van der Waals surface area contributed by atoms with Gasteiger partial charge in [-0.3, -0.25) is 0 Å². The topological polar surface area (TPSA) is 20.2 Å². The summed E-state index contributed by atoms with van der Waals surface area (Å²) in [6.07, 6.45) is 5.56. The maximum absolute atomic E-state index is 13.7. The van der Waals surface area contributed by atoms with Crippen LogP contribution in [0.15, 0.2) is 18.2 Å². The molecule has 1 aliphatic carbocycles. The second-order valence-corrected chi connectivity index (χ2v) is 5.34. The molecule has 3 heteroatoms. The van der Waals surface area contributed by atoms with Gasteiger partial charge in [0.15, 0.2) is 0 Å². The van der Waals surface area contributed by atoms with Crippen LogP contribution < -0.4 is 0 Å². The minimum absolute atomic E-state index is 0.188. The van der Waals surface area contributed by atoms with Gasteiger partial charge < -0.3 is 5.11 Å². The van der Waals surface area contributed by atoms with E-state index in [9.17, 15) is 9.50 Å². The lowest BCUT2D eigenvalue weighted by atomic mass is 9.90. The summed E-state index contributed by atoms with van der Waals surface area (Å²) in [6.45, 7) is 0. The molecule has 2 rings (SSSR count). The van der Waals surface area contributed by atoms with Crippen molar-refractivity contribution in [1.82, 2.24) is 0 Å². The predicted molar refractivity (Wildman–Crippen MR) is 67.7 cm³/mol. The number of halogens is 2. The van der Waals surface area contributed by atoms with E-state index in [2.05, 4.69) is 0 Å². The molecule has 1 aromatic rings. The predicted octanol–water partition coefficient (Wildman–Crippen LogP) is 3.96. The summed E-state index contributed by atoms with van der Waals surface area (Å²) in [7, 11) is 0. The van der Waals surface area contributed by atoms with E-state index >= 15 is 0 Å². The van der Waals surface area contributed by atoms with Crippen molar-refractivity contribution in [3.05, 3.63) is 34.6 Å². The lowest BCUT2D eigenvalue weighted by Crippen LogP contribution is -2.21. The molecule has 0 aliphatic heterocycles. The second-order valence-electron chi connectivity index (χ2n) is 4.91. The van der Waals surface area contributed by atoms with Crippen molar-refractivity contribution in [2.75, 3.05) is 0 Å². The average molecular weight is 257 g/mol. The van der Waals surface area contributed by atoms with E-state index in [0.29, 0.717) is 17.0 Å². The number of hydrogen-bond donors (Lipinski definition) is 1. The third-order valence-electron chi connectivity index (χ3n) is 3.62. The lowest BCUT2D eigenvalue weighted by Gasteiger charge is -2.20. The van der Waals surface area contributed by atoms with Crippen LogP contribution in [-0.4, -0.2) is 11.2 Å². The molecule has 94 valence electrons. The highest BCUT2D eigenvalue weighted by Crippen LogP contribution is 2.28. The average Bonchev–Trinajstić information content (AvgIpc) is 2.48. The molecular weight excluding hydrogens is 239 g/mol. The van der Waals surface area contributed by atoms with Crippen molar-refractivity contribution in [3.8, 4) is 0 Å². The quantitative estimate of drug-likeness (QED) is 0.794. The zero-order valence-corrected chi connectivity index (χ0v) is 10.6. The molecule has 0 saturated heterocycles. The molecule has 1 N–H and O–H groups in total. The highest BCUT2D eigenvalue weighted by molar-refractivity contribution is 6.30. The van der Waals surface area contributed by atoms with Crippen LogP contribution in [0.2, 0.25) is 5.02 Å². The Balaban J connectivity index is 2.08. The Kier molecular flexibility index (Phi) is 4.41. The Morgan fingerprint density at radius 1 is 1.24 bits per heavy atom. The first-order chi connectivity index (χ1) is 8.16. The van der Waals surface area contributed by atoms with Crippen LogP contribution in [0.25, 0.3) is 0 Å². The summed E-state index contributed by atoms with van der Waals surface area (Å²) in [5.41, 5.74) is 0.667. The summed E-state index contributed by atoms with van der Waals surface area (Å²) in [5.74, 6) is -0.0675. The van der Waals surface area contributed by atoms with Crippen LogP contribution in [0, 0.1) is 11.7 Å². The molecule has 1 saturated carbocycles. The molecule has 0 heterocycles. The van der Waals surface area contributed by atoms with Gasteiger partial charge >= 0.3 is 0 Å². The fourth-order valence-corrected chi connectivity index (χ4v) is 2.73. The molecule has 1 aliphatic rings. The van der Waals surface area contributed by atoms with Gasteiger partial charge in [-0.05, 0) is 42.9 Å². The molecule has 1 aromatic carbocycles. The number of aliphatic hydroxyl groups excluding tert-OH is 1. The van der Waals surface area contributed by atoms with Crippen molar-refractivity contribution < 1.29 is 9.50 Å². The minimum atomic E-state index is -0.285. The molecule has 2 unspecified atom stereocenters. The van der Waals surface area contributed by atoms with E-state index in [1.54, 1.807) is 12.1 Å². The molecule has 0 bridgehead atoms. The first-order valence-corrected chi connectivity index (χ1v) is 6.66. The highest BCUT2D eigenvalue weighted by atomic mass is 35.5. The first-order valence-electron chi connectivity index (χ1n) is 6.29. The van der Waals surface area contributed by atoms with Gasteiger partial charge in [0.05, 0.1) is 6.10 Å². The summed E-state index contributed by atoms with van der Waals surface area (Å²) < 4.78 is 13.7. The van der Waals surface area contributed by atoms with Crippen molar-refractivity contribution in [3.63, 3.8) is 0 Å². The molecule has 0 spiro atoms. The molecule has 1 fully saturated rings. The van der Waals surface area contributed by atoms with E-state index < -0.39 is 0 Å². The maximum Gasteiger partial charge on any atom is 0.127 e. The van der Waals surface area contributed by atoms with Crippen LogP contribution in [0.1, 0.15) is 37.7 Å². The Labute approximate surface area is 107 Å². The zero-order valence-electron chi connectivity index (χ0n) is 9.83. The van der Waals surface area contributed by atoms with Crippen LogP contribution in [0.4, 0.5) is 4.39 Å². The minimum Gasteiger partial charge on any atom is -0.393 e. The van der Waals surface area contributed by atoms with Crippen LogP contribution in [0.3, 0.4) is 0 Å². The van der Waals surface area contributed by atoms with Crippen molar-refractivity contribution >= 4 is 11.6 Å². The number of benzene rings is 1. The van der Waals surface area contributed by atoms with Crippen molar-refractivity contribution in [1.29, 1.82) is 0 Å². The third-order valence-corrected chi connectivity index (χ3v) is 3.85. The maximum atomic E-state index is 13.7. The number of hydrogen-bond acceptors (Lipinski definition) is 1. The Hall–Kier alpha value is -0.600. The van der Waals surface area contributed by atoms with E-state index in [4.69, 9.17) is 11.6 Å². The SMILES string of the molecule is OC1CCCCCC1Cc1ccc(Cl)cc1F. The lowest BCUT2D eigenvalue weighted by molar-refractivity contribution is 0.100. The van der Waals surface area contributed by atoms with Gasteiger partial charge in [0.25, 0.3) is 0 Å². The fraction of sp³-hybridized carbons (Fsp3) is 0.571. The second kappa shape index (κ2) is 5.83. The Morgan fingerprint density at radius 3 is 2.76 bits per heavy atom. The summed E-state index contributed by atoms with van der Waals surface area (Å²) in [5, 5.41) is 10.4. The van der Waals surface area contributed by atoms with Crippen molar-refractivity contribution in [2.45, 2.75) is 44.6 Å². The van der Waals surface area contributed by atoms with Gasteiger partial charge in [0, 0.05) is 5.02 Å². The molecule has 0 aromatic heterocycles. The Morgan fingerprint density at radius 2 is 2.00 bits per heavy atom. The van der Waals surface area contributed by atoms with Gasteiger partial charge in [-0.1, -0.05) is 36.9 Å². The molecule has 17 heavy (non-hydrogen) atoms. The monoisotopic (exact) mass is 256 g/mol. The Bertz CT molecular complexity index is 380. The molecule has 0 amide bonds. The number of rotatable bonds is 2. The van der Waals surface area contributed by atoms with Gasteiger partial charge in [-0.15, -0.1) is 0 Å². The molecular formula is C14H18ClFO. The highest BCUT2D eigenvalue weighted by Gasteiger charge is 2.22. The van der Waals surface area contributed by atoms with Crippen LogP contribution in [0.5, 0.6) is 0 Å². The van der Waals surface area contributed by atoms with E-state index in [0.717, 1.165) is 25.7 Å². The molecule has 1 nitrogen and oxygen atoms in total. The smallest absolute Gasteiger partial charge is 0.127 e. The van der Waals surface area contributed by atoms with Gasteiger partial charge in [-0.2, -0.15) is 0 Å². The summed E-state index contributed by atoms with van der Waals surface area (Å²) in [6, 6.07) is 4.79. The summed E-state index contributed by atoms with van der Waals surface area (Å²) in [4.78, 5) is 0. The van der Waals surface area contributed by atoms with Gasteiger partial charge in [0.1, 0.15) is 5.82 Å². The fourth-order valence-electron chi connectivity index (χ4n) is 2.57. The van der Waals surface area contributed by atoms with E-state index in [-0.39, 0.29) is 17.8 Å². The number of aliphatic hydroxyl groups is 1. The third kappa shape index (κ3) is 3.43. The van der Waals surface area contributed by atoms with Gasteiger partial charge in [0.2, 0.25) is 0 Å². The zero-order chi connectivity index (χ0) is 12.3. The van der Waals surface area contributed by atoms with E-state index in [1.807, 2.05) is 0 Å². The normalized spacial score (nSPS) is 25.6. The first kappa shape index (κ1) is 12.8. The largest absolute Gasteiger partial charge is 0.393 e.